The Morgan fingerprint density at radius 1 is 1.12 bits per heavy atom. The van der Waals surface area contributed by atoms with E-state index < -0.39 is 0 Å². The number of tetrazole rings is 1. The van der Waals surface area contributed by atoms with E-state index in [2.05, 4.69) is 40.6 Å². The number of aryl methyl sites for hydroxylation is 1. The van der Waals surface area contributed by atoms with Gasteiger partial charge in [0.2, 0.25) is 5.95 Å². The zero-order valence-corrected chi connectivity index (χ0v) is 18.2. The first-order chi connectivity index (χ1) is 15.7. The van der Waals surface area contributed by atoms with E-state index in [1.807, 2.05) is 25.1 Å². The molecule has 3 aromatic heterocycles. The number of piperidine rings is 1. The van der Waals surface area contributed by atoms with Crippen LogP contribution < -0.4 is 9.64 Å². The van der Waals surface area contributed by atoms with Gasteiger partial charge >= 0.3 is 0 Å². The number of hydrogen-bond acceptors (Lipinski definition) is 9. The molecule has 164 valence electrons. The van der Waals surface area contributed by atoms with Crippen LogP contribution in [-0.4, -0.2) is 58.3 Å². The van der Waals surface area contributed by atoms with Gasteiger partial charge in [-0.05, 0) is 54.0 Å². The lowest BCUT2D eigenvalue weighted by molar-refractivity contribution is 0.290. The second-order valence-electron chi connectivity index (χ2n) is 7.57. The Kier molecular flexibility index (Phi) is 5.63. The zero-order valence-electron chi connectivity index (χ0n) is 17.4. The van der Waals surface area contributed by atoms with Crippen molar-refractivity contribution < 1.29 is 4.74 Å². The maximum Gasteiger partial charge on any atom is 0.225 e. The van der Waals surface area contributed by atoms with Crippen molar-refractivity contribution in [3.63, 3.8) is 0 Å². The van der Waals surface area contributed by atoms with Gasteiger partial charge in [0.25, 0.3) is 0 Å². The van der Waals surface area contributed by atoms with Gasteiger partial charge in [0.15, 0.2) is 0 Å². The summed E-state index contributed by atoms with van der Waals surface area (Å²) in [5, 5.41) is 20.9. The Morgan fingerprint density at radius 3 is 2.66 bits per heavy atom. The standard InChI is InChI=1S/C20H21ClN10O/c1-14-8-18(30-13-24-27-28-30)2-3-19(14)32-12-16-11-25-31(26-16)17-4-6-29(7-5-17)20-22-9-15(21)10-23-20/h2-3,8-11,13,17H,4-7,12H2,1H3. The minimum absolute atomic E-state index is 0.240. The molecule has 0 saturated carbocycles. The average molecular weight is 453 g/mol. The molecule has 0 bridgehead atoms. The third-order valence-electron chi connectivity index (χ3n) is 5.38. The quantitative estimate of drug-likeness (QED) is 0.435. The molecule has 0 aliphatic carbocycles. The van der Waals surface area contributed by atoms with Gasteiger partial charge in [0.1, 0.15) is 24.4 Å². The van der Waals surface area contributed by atoms with Crippen LogP contribution in [0.4, 0.5) is 5.95 Å². The van der Waals surface area contributed by atoms with Gasteiger partial charge in [-0.25, -0.2) is 14.6 Å². The van der Waals surface area contributed by atoms with E-state index in [0.29, 0.717) is 17.6 Å². The van der Waals surface area contributed by atoms with E-state index in [1.54, 1.807) is 34.4 Å². The van der Waals surface area contributed by atoms with Gasteiger partial charge in [0, 0.05) is 13.1 Å². The minimum Gasteiger partial charge on any atom is -0.487 e. The monoisotopic (exact) mass is 452 g/mol. The summed E-state index contributed by atoms with van der Waals surface area (Å²) in [6.07, 6.45) is 8.40. The second-order valence-corrected chi connectivity index (χ2v) is 8.01. The Morgan fingerprint density at radius 2 is 1.94 bits per heavy atom. The van der Waals surface area contributed by atoms with Crippen LogP contribution >= 0.6 is 11.6 Å². The van der Waals surface area contributed by atoms with Crippen molar-refractivity contribution >= 4 is 17.5 Å². The van der Waals surface area contributed by atoms with Crippen LogP contribution in [0.5, 0.6) is 5.75 Å². The van der Waals surface area contributed by atoms with Gasteiger partial charge in [-0.1, -0.05) is 11.6 Å². The van der Waals surface area contributed by atoms with Gasteiger partial charge in [-0.2, -0.15) is 15.0 Å². The van der Waals surface area contributed by atoms with Crippen LogP contribution in [-0.2, 0) is 6.61 Å². The highest BCUT2D eigenvalue weighted by Crippen LogP contribution is 2.25. The summed E-state index contributed by atoms with van der Waals surface area (Å²) in [7, 11) is 0. The Hall–Kier alpha value is -3.60. The predicted molar refractivity (Wildman–Crippen MR) is 116 cm³/mol. The maximum absolute atomic E-state index is 5.97. The molecular weight excluding hydrogens is 432 g/mol. The molecule has 0 amide bonds. The molecule has 1 fully saturated rings. The highest BCUT2D eigenvalue weighted by atomic mass is 35.5. The van der Waals surface area contributed by atoms with Crippen LogP contribution in [0.15, 0.2) is 43.1 Å². The molecule has 11 nitrogen and oxygen atoms in total. The summed E-state index contributed by atoms with van der Waals surface area (Å²) in [6.45, 7) is 4.01. The summed E-state index contributed by atoms with van der Waals surface area (Å²) in [4.78, 5) is 12.6. The summed E-state index contributed by atoms with van der Waals surface area (Å²) < 4.78 is 7.57. The summed E-state index contributed by atoms with van der Waals surface area (Å²) in [5.41, 5.74) is 2.65. The molecule has 32 heavy (non-hydrogen) atoms. The number of hydrogen-bond donors (Lipinski definition) is 0. The molecule has 0 atom stereocenters. The highest BCUT2D eigenvalue weighted by Gasteiger charge is 2.23. The van der Waals surface area contributed by atoms with Gasteiger partial charge < -0.3 is 9.64 Å². The molecule has 1 saturated heterocycles. The van der Waals surface area contributed by atoms with Crippen LogP contribution in [0, 0.1) is 6.92 Å². The fraction of sp³-hybridized carbons (Fsp3) is 0.350. The van der Waals surface area contributed by atoms with Gasteiger partial charge in [0.05, 0.1) is 35.3 Å². The first-order valence-electron chi connectivity index (χ1n) is 10.3. The molecule has 4 aromatic rings. The third kappa shape index (κ3) is 4.37. The van der Waals surface area contributed by atoms with Crippen molar-refractivity contribution in [2.45, 2.75) is 32.4 Å². The number of anilines is 1. The van der Waals surface area contributed by atoms with E-state index >= 15 is 0 Å². The Bertz CT molecular complexity index is 1170. The number of halogens is 1. The van der Waals surface area contributed by atoms with Crippen LogP contribution in [0.3, 0.4) is 0 Å². The topological polar surface area (TPSA) is 113 Å². The van der Waals surface area contributed by atoms with Crippen LogP contribution in [0.1, 0.15) is 30.1 Å². The lowest BCUT2D eigenvalue weighted by Crippen LogP contribution is -2.36. The number of rotatable bonds is 6. The molecule has 0 N–H and O–H groups in total. The fourth-order valence-corrected chi connectivity index (χ4v) is 3.78. The maximum atomic E-state index is 5.97. The summed E-state index contributed by atoms with van der Waals surface area (Å²) in [6, 6.07) is 6.03. The first kappa shape index (κ1) is 20.3. The third-order valence-corrected chi connectivity index (χ3v) is 5.58. The van der Waals surface area contributed by atoms with Crippen molar-refractivity contribution in [2.24, 2.45) is 0 Å². The Labute approximate surface area is 189 Å². The average Bonchev–Trinajstić information content (AvgIpc) is 3.52. The first-order valence-corrected chi connectivity index (χ1v) is 10.6. The smallest absolute Gasteiger partial charge is 0.225 e. The normalized spacial score (nSPS) is 14.6. The predicted octanol–water partition coefficient (Wildman–Crippen LogP) is 2.43. The number of nitrogens with zero attached hydrogens (tertiary/aromatic N) is 10. The lowest BCUT2D eigenvalue weighted by Gasteiger charge is -2.31. The molecule has 0 radical (unpaired) electrons. The van der Waals surface area contributed by atoms with Crippen molar-refractivity contribution in [3.8, 4) is 11.4 Å². The Balaban J connectivity index is 1.17. The van der Waals surface area contributed by atoms with Crippen LogP contribution in [0.25, 0.3) is 5.69 Å². The van der Waals surface area contributed by atoms with E-state index in [1.165, 1.54) is 0 Å². The van der Waals surface area contributed by atoms with Crippen molar-refractivity contribution in [3.05, 3.63) is 59.4 Å². The van der Waals surface area contributed by atoms with E-state index in [4.69, 9.17) is 16.3 Å². The van der Waals surface area contributed by atoms with E-state index in [0.717, 1.165) is 48.6 Å². The summed E-state index contributed by atoms with van der Waals surface area (Å²) >= 11 is 5.88. The number of ether oxygens (including phenoxy) is 1. The fourth-order valence-electron chi connectivity index (χ4n) is 3.69. The van der Waals surface area contributed by atoms with Crippen LogP contribution in [0.2, 0.25) is 5.02 Å². The zero-order chi connectivity index (χ0) is 21.9. The van der Waals surface area contributed by atoms with Gasteiger partial charge in [-0.3, -0.25) is 0 Å². The molecule has 4 heterocycles. The SMILES string of the molecule is Cc1cc(-n2cnnn2)ccc1OCc1cnn(C2CCN(c3ncc(Cl)cn3)CC2)n1. The van der Waals surface area contributed by atoms with E-state index in [-0.39, 0.29) is 6.04 Å². The number of aromatic nitrogens is 9. The molecule has 5 rings (SSSR count). The molecule has 1 aliphatic rings. The van der Waals surface area contributed by atoms with Crippen molar-refractivity contribution in [2.75, 3.05) is 18.0 Å². The molecule has 0 spiro atoms. The molecule has 12 heteroatoms. The van der Waals surface area contributed by atoms with Crippen molar-refractivity contribution in [1.82, 2.24) is 45.2 Å². The highest BCUT2D eigenvalue weighted by molar-refractivity contribution is 6.30. The van der Waals surface area contributed by atoms with E-state index in [9.17, 15) is 0 Å². The molecular formula is C20H21ClN10O. The molecule has 1 aromatic carbocycles. The number of benzene rings is 1. The minimum atomic E-state index is 0.240. The van der Waals surface area contributed by atoms with Gasteiger partial charge in [-0.15, -0.1) is 5.10 Å². The second kappa shape index (κ2) is 8.87. The largest absolute Gasteiger partial charge is 0.487 e. The molecule has 0 unspecified atom stereocenters. The molecule has 1 aliphatic heterocycles. The van der Waals surface area contributed by atoms with Crippen molar-refractivity contribution in [1.29, 1.82) is 0 Å². The lowest BCUT2D eigenvalue weighted by atomic mass is 10.1. The summed E-state index contributed by atoms with van der Waals surface area (Å²) in [5.74, 6) is 1.49.